The molecule has 2 N–H and O–H groups in total. The molecule has 0 aliphatic rings. The van der Waals surface area contributed by atoms with Crippen molar-refractivity contribution in [3.8, 4) is 0 Å². The minimum absolute atomic E-state index is 0.310. The number of benzene rings is 1. The molecule has 0 bridgehead atoms. The van der Waals surface area contributed by atoms with Gasteiger partial charge in [-0.2, -0.15) is 0 Å². The van der Waals surface area contributed by atoms with Crippen molar-refractivity contribution >= 4 is 17.5 Å². The molecule has 1 rings (SSSR count). The fraction of sp³-hybridized carbons (Fsp3) is 0.500. The second-order valence-electron chi connectivity index (χ2n) is 4.70. The molecule has 0 spiro atoms. The van der Waals surface area contributed by atoms with Gasteiger partial charge in [-0.3, -0.25) is 9.59 Å². The summed E-state index contributed by atoms with van der Waals surface area (Å²) < 4.78 is 10.7. The normalized spacial score (nSPS) is 10.5. The van der Waals surface area contributed by atoms with Crippen LogP contribution in [-0.2, 0) is 19.1 Å². The van der Waals surface area contributed by atoms with Gasteiger partial charge in [-0.15, -0.1) is 0 Å². The van der Waals surface area contributed by atoms with Crippen molar-refractivity contribution in [2.24, 2.45) is 0 Å². The molecule has 0 unspecified atom stereocenters. The highest BCUT2D eigenvalue weighted by molar-refractivity contribution is 6.39. The van der Waals surface area contributed by atoms with Gasteiger partial charge in [0.1, 0.15) is 0 Å². The van der Waals surface area contributed by atoms with Crippen LogP contribution < -0.4 is 10.6 Å². The maximum Gasteiger partial charge on any atom is 0.313 e. The van der Waals surface area contributed by atoms with Crippen LogP contribution in [0.1, 0.15) is 25.8 Å². The Kier molecular flexibility index (Phi) is 8.17. The van der Waals surface area contributed by atoms with E-state index in [0.29, 0.717) is 31.9 Å². The Morgan fingerprint density at radius 1 is 1.05 bits per heavy atom. The van der Waals surface area contributed by atoms with Crippen LogP contribution in [0, 0.1) is 6.92 Å². The summed E-state index contributed by atoms with van der Waals surface area (Å²) in [5.74, 6) is -1.36. The molecule has 6 nitrogen and oxygen atoms in total. The molecule has 0 aromatic heterocycles. The first-order chi connectivity index (χ1) is 10.6. The van der Waals surface area contributed by atoms with Crippen molar-refractivity contribution in [2.75, 3.05) is 25.1 Å². The maximum atomic E-state index is 11.7. The minimum Gasteiger partial charge on any atom is -0.353 e. The van der Waals surface area contributed by atoms with E-state index < -0.39 is 11.8 Å². The third-order valence-corrected chi connectivity index (χ3v) is 2.89. The summed E-state index contributed by atoms with van der Waals surface area (Å²) in [6.45, 7) is 7.08. The van der Waals surface area contributed by atoms with Gasteiger partial charge >= 0.3 is 11.8 Å². The summed E-state index contributed by atoms with van der Waals surface area (Å²) in [4.78, 5) is 23.4. The number of hydrogen-bond acceptors (Lipinski definition) is 4. The molecule has 1 aromatic carbocycles. The molecule has 1 aromatic rings. The van der Waals surface area contributed by atoms with E-state index >= 15 is 0 Å². The predicted octanol–water partition coefficient (Wildman–Crippen LogP) is 1.84. The number of carbonyl (C=O) groups excluding carboxylic acids is 2. The molecule has 0 atom stereocenters. The second kappa shape index (κ2) is 9.92. The molecule has 2 amide bonds. The average molecular weight is 308 g/mol. The van der Waals surface area contributed by atoms with E-state index in [1.165, 1.54) is 0 Å². The summed E-state index contributed by atoms with van der Waals surface area (Å²) in [5.41, 5.74) is 1.67. The van der Waals surface area contributed by atoms with Crippen molar-refractivity contribution in [3.63, 3.8) is 0 Å². The van der Waals surface area contributed by atoms with Gasteiger partial charge in [-0.1, -0.05) is 17.7 Å². The molecule has 0 aliphatic heterocycles. The van der Waals surface area contributed by atoms with Crippen LogP contribution in [-0.4, -0.2) is 37.9 Å². The number of aryl methyl sites for hydroxylation is 1. The fourth-order valence-corrected chi connectivity index (χ4v) is 1.80. The Bertz CT molecular complexity index is 468. The summed E-state index contributed by atoms with van der Waals surface area (Å²) in [5, 5.41) is 5.09. The smallest absolute Gasteiger partial charge is 0.313 e. The lowest BCUT2D eigenvalue weighted by atomic mass is 10.2. The van der Waals surface area contributed by atoms with Crippen LogP contribution in [0.15, 0.2) is 24.3 Å². The molecular formula is C16H24N2O4. The van der Waals surface area contributed by atoms with Crippen molar-refractivity contribution in [1.82, 2.24) is 5.32 Å². The van der Waals surface area contributed by atoms with Crippen molar-refractivity contribution in [2.45, 2.75) is 33.5 Å². The van der Waals surface area contributed by atoms with E-state index in [0.717, 1.165) is 5.56 Å². The second-order valence-corrected chi connectivity index (χ2v) is 4.70. The van der Waals surface area contributed by atoms with Gasteiger partial charge in [0.05, 0.1) is 0 Å². The first-order valence-corrected chi connectivity index (χ1v) is 7.45. The molecule has 0 radical (unpaired) electrons. The number of carbonyl (C=O) groups is 2. The summed E-state index contributed by atoms with van der Waals surface area (Å²) in [7, 11) is 0. The molecular weight excluding hydrogens is 284 g/mol. The minimum atomic E-state index is -0.687. The third-order valence-electron chi connectivity index (χ3n) is 2.89. The molecule has 22 heavy (non-hydrogen) atoms. The lowest BCUT2D eigenvalue weighted by Crippen LogP contribution is -2.37. The molecule has 0 fully saturated rings. The predicted molar refractivity (Wildman–Crippen MR) is 84.5 cm³/mol. The Hall–Kier alpha value is -1.92. The highest BCUT2D eigenvalue weighted by Crippen LogP contribution is 2.08. The van der Waals surface area contributed by atoms with Crippen molar-refractivity contribution in [3.05, 3.63) is 29.8 Å². The van der Waals surface area contributed by atoms with E-state index in [-0.39, 0.29) is 6.29 Å². The Balaban J connectivity index is 2.34. The van der Waals surface area contributed by atoms with Crippen LogP contribution in [0.5, 0.6) is 0 Å². The number of anilines is 1. The first-order valence-electron chi connectivity index (χ1n) is 7.45. The molecule has 6 heteroatoms. The Morgan fingerprint density at radius 2 is 1.64 bits per heavy atom. The van der Waals surface area contributed by atoms with Crippen LogP contribution in [0.2, 0.25) is 0 Å². The zero-order valence-corrected chi connectivity index (χ0v) is 13.3. The molecule has 122 valence electrons. The largest absolute Gasteiger partial charge is 0.353 e. The van der Waals surface area contributed by atoms with E-state index in [4.69, 9.17) is 9.47 Å². The van der Waals surface area contributed by atoms with E-state index in [9.17, 15) is 9.59 Å². The van der Waals surface area contributed by atoms with Crippen LogP contribution in [0.25, 0.3) is 0 Å². The standard InChI is InChI=1S/C16H24N2O4/c1-4-21-14(22-5-2)10-11-17-15(19)16(20)18-13-8-6-12(3)7-9-13/h6-9,14H,4-5,10-11H2,1-3H3,(H,17,19)(H,18,20). The number of ether oxygens (including phenoxy) is 2. The van der Waals surface area contributed by atoms with Gasteiger partial charge in [0, 0.05) is 31.9 Å². The zero-order valence-electron chi connectivity index (χ0n) is 13.3. The van der Waals surface area contributed by atoms with Crippen molar-refractivity contribution in [1.29, 1.82) is 0 Å². The van der Waals surface area contributed by atoms with Gasteiger partial charge in [0.25, 0.3) is 0 Å². The lowest BCUT2D eigenvalue weighted by Gasteiger charge is -2.16. The van der Waals surface area contributed by atoms with Crippen LogP contribution in [0.3, 0.4) is 0 Å². The first kappa shape index (κ1) is 18.1. The van der Waals surface area contributed by atoms with Crippen molar-refractivity contribution < 1.29 is 19.1 Å². The maximum absolute atomic E-state index is 11.7. The van der Waals surface area contributed by atoms with Crippen LogP contribution >= 0.6 is 0 Å². The summed E-state index contributed by atoms with van der Waals surface area (Å²) in [6.07, 6.45) is 0.126. The SMILES string of the molecule is CCOC(CCNC(=O)C(=O)Nc1ccc(C)cc1)OCC. The monoisotopic (exact) mass is 308 g/mol. The molecule has 0 aliphatic carbocycles. The molecule has 0 heterocycles. The molecule has 0 saturated heterocycles. The van der Waals surface area contributed by atoms with E-state index in [2.05, 4.69) is 10.6 Å². The number of hydrogen-bond donors (Lipinski definition) is 2. The zero-order chi connectivity index (χ0) is 16.4. The van der Waals surface area contributed by atoms with Gasteiger partial charge in [0.15, 0.2) is 6.29 Å². The van der Waals surface area contributed by atoms with Gasteiger partial charge in [0.2, 0.25) is 0 Å². The molecule has 0 saturated carbocycles. The van der Waals surface area contributed by atoms with Crippen LogP contribution in [0.4, 0.5) is 5.69 Å². The highest BCUT2D eigenvalue weighted by atomic mass is 16.7. The number of amides is 2. The van der Waals surface area contributed by atoms with Gasteiger partial charge in [-0.05, 0) is 32.9 Å². The average Bonchev–Trinajstić information content (AvgIpc) is 2.49. The van der Waals surface area contributed by atoms with E-state index in [1.54, 1.807) is 12.1 Å². The lowest BCUT2D eigenvalue weighted by molar-refractivity contribution is -0.142. The fourth-order valence-electron chi connectivity index (χ4n) is 1.80. The van der Waals surface area contributed by atoms with E-state index in [1.807, 2.05) is 32.9 Å². The number of nitrogens with one attached hydrogen (secondary N) is 2. The number of rotatable bonds is 8. The topological polar surface area (TPSA) is 76.7 Å². The third kappa shape index (κ3) is 6.69. The quantitative estimate of drug-likeness (QED) is 0.567. The summed E-state index contributed by atoms with van der Waals surface area (Å²) in [6, 6.07) is 7.23. The highest BCUT2D eigenvalue weighted by Gasteiger charge is 2.14. The van der Waals surface area contributed by atoms with Gasteiger partial charge < -0.3 is 20.1 Å². The Morgan fingerprint density at radius 3 is 2.18 bits per heavy atom. The Labute approximate surface area is 131 Å². The van der Waals surface area contributed by atoms with Gasteiger partial charge in [-0.25, -0.2) is 0 Å². The summed E-state index contributed by atoms with van der Waals surface area (Å²) >= 11 is 0.